The minimum atomic E-state index is -0.110. The first-order valence-electron chi connectivity index (χ1n) is 7.47. The molecule has 2 rings (SSSR count). The highest BCUT2D eigenvalue weighted by Crippen LogP contribution is 2.20. The van der Waals surface area contributed by atoms with Gasteiger partial charge in [-0.2, -0.15) is 0 Å². The van der Waals surface area contributed by atoms with Gasteiger partial charge < -0.3 is 10.1 Å². The van der Waals surface area contributed by atoms with Crippen molar-refractivity contribution in [2.24, 2.45) is 0 Å². The molecule has 0 unspecified atom stereocenters. The third kappa shape index (κ3) is 4.80. The maximum absolute atomic E-state index is 12.1. The van der Waals surface area contributed by atoms with Crippen LogP contribution >= 0.6 is 11.3 Å². The van der Waals surface area contributed by atoms with Crippen LogP contribution in [0.25, 0.3) is 0 Å². The molecule has 1 aromatic carbocycles. The molecule has 1 N–H and O–H groups in total. The summed E-state index contributed by atoms with van der Waals surface area (Å²) in [6.45, 7) is 2.17. The molecule has 1 aromatic heterocycles. The Hall–Kier alpha value is -1.95. The van der Waals surface area contributed by atoms with Gasteiger partial charge in [-0.1, -0.05) is 49.3 Å². The van der Waals surface area contributed by atoms with Gasteiger partial charge in [-0.15, -0.1) is 10.2 Å². The Morgan fingerprint density at radius 1 is 1.27 bits per heavy atom. The molecule has 6 heteroatoms. The largest absolute Gasteiger partial charge is 0.496 e. The van der Waals surface area contributed by atoms with Gasteiger partial charge in [-0.3, -0.25) is 4.79 Å². The van der Waals surface area contributed by atoms with Crippen molar-refractivity contribution in [1.82, 2.24) is 10.2 Å². The molecule has 0 aliphatic rings. The lowest BCUT2D eigenvalue weighted by Crippen LogP contribution is -2.14. The Morgan fingerprint density at radius 3 is 2.86 bits per heavy atom. The molecule has 0 aliphatic carbocycles. The van der Waals surface area contributed by atoms with E-state index in [0.29, 0.717) is 5.13 Å². The zero-order chi connectivity index (χ0) is 15.8. The Morgan fingerprint density at radius 2 is 2.09 bits per heavy atom. The lowest BCUT2D eigenvalue weighted by atomic mass is 10.1. The molecular weight excluding hydrogens is 298 g/mol. The van der Waals surface area contributed by atoms with Gasteiger partial charge in [0, 0.05) is 12.0 Å². The molecule has 1 amide bonds. The van der Waals surface area contributed by atoms with Gasteiger partial charge in [0.05, 0.1) is 13.5 Å². The SMILES string of the molecule is CCCCCc1nnc(NC(=O)Cc2ccccc2OC)s1. The molecule has 0 atom stereocenters. The van der Waals surface area contributed by atoms with Crippen LogP contribution in [-0.4, -0.2) is 23.2 Å². The van der Waals surface area contributed by atoms with E-state index in [-0.39, 0.29) is 12.3 Å². The zero-order valence-corrected chi connectivity index (χ0v) is 13.8. The number of carbonyl (C=O) groups is 1. The highest BCUT2D eigenvalue weighted by atomic mass is 32.1. The van der Waals surface area contributed by atoms with Crippen LogP contribution in [0.3, 0.4) is 0 Å². The Labute approximate surface area is 134 Å². The molecule has 5 nitrogen and oxygen atoms in total. The van der Waals surface area contributed by atoms with E-state index in [1.54, 1.807) is 7.11 Å². The average Bonchev–Trinajstić information content (AvgIpc) is 2.95. The minimum Gasteiger partial charge on any atom is -0.496 e. The zero-order valence-electron chi connectivity index (χ0n) is 13.0. The van der Waals surface area contributed by atoms with Crippen molar-refractivity contribution >= 4 is 22.4 Å². The van der Waals surface area contributed by atoms with Gasteiger partial charge in [0.1, 0.15) is 10.8 Å². The van der Waals surface area contributed by atoms with E-state index in [1.807, 2.05) is 24.3 Å². The summed E-state index contributed by atoms with van der Waals surface area (Å²) >= 11 is 1.45. The Kier molecular flexibility index (Phi) is 6.33. The first-order chi connectivity index (χ1) is 10.7. The first-order valence-corrected chi connectivity index (χ1v) is 8.28. The maximum atomic E-state index is 12.1. The van der Waals surface area contributed by atoms with Gasteiger partial charge in [0.15, 0.2) is 0 Å². The summed E-state index contributed by atoms with van der Waals surface area (Å²) in [7, 11) is 1.60. The number of unbranched alkanes of at least 4 members (excludes halogenated alkanes) is 2. The van der Waals surface area contributed by atoms with E-state index in [1.165, 1.54) is 24.2 Å². The number of aryl methyl sites for hydroxylation is 1. The number of nitrogens with zero attached hydrogens (tertiary/aromatic N) is 2. The third-order valence-electron chi connectivity index (χ3n) is 3.25. The van der Waals surface area contributed by atoms with E-state index in [0.717, 1.165) is 29.2 Å². The normalized spacial score (nSPS) is 10.5. The molecule has 0 saturated heterocycles. The second-order valence-electron chi connectivity index (χ2n) is 4.99. The van der Waals surface area contributed by atoms with Crippen LogP contribution in [0.15, 0.2) is 24.3 Å². The van der Waals surface area contributed by atoms with Crippen molar-refractivity contribution in [3.8, 4) is 5.75 Å². The number of amides is 1. The summed E-state index contributed by atoms with van der Waals surface area (Å²) in [5.41, 5.74) is 0.857. The summed E-state index contributed by atoms with van der Waals surface area (Å²) in [6.07, 6.45) is 4.67. The van der Waals surface area contributed by atoms with E-state index in [2.05, 4.69) is 22.4 Å². The highest BCUT2D eigenvalue weighted by Gasteiger charge is 2.11. The van der Waals surface area contributed by atoms with Crippen molar-refractivity contribution in [3.05, 3.63) is 34.8 Å². The van der Waals surface area contributed by atoms with Crippen LogP contribution in [0.2, 0.25) is 0 Å². The number of para-hydroxylation sites is 1. The Balaban J connectivity index is 1.89. The second-order valence-corrected chi connectivity index (χ2v) is 6.06. The third-order valence-corrected chi connectivity index (χ3v) is 4.15. The van der Waals surface area contributed by atoms with Gasteiger partial charge >= 0.3 is 0 Å². The second kappa shape index (κ2) is 8.48. The number of anilines is 1. The van der Waals surface area contributed by atoms with Crippen LogP contribution in [0.5, 0.6) is 5.75 Å². The maximum Gasteiger partial charge on any atom is 0.230 e. The number of carbonyl (C=O) groups excluding carboxylic acids is 1. The van der Waals surface area contributed by atoms with Crippen LogP contribution in [0.1, 0.15) is 36.8 Å². The molecule has 0 aliphatic heterocycles. The predicted octanol–water partition coefficient (Wildman–Crippen LogP) is 3.46. The molecule has 2 aromatic rings. The topological polar surface area (TPSA) is 64.1 Å². The number of aromatic nitrogens is 2. The number of methoxy groups -OCH3 is 1. The van der Waals surface area contributed by atoms with Gasteiger partial charge in [0.2, 0.25) is 11.0 Å². The van der Waals surface area contributed by atoms with Crippen molar-refractivity contribution in [2.75, 3.05) is 12.4 Å². The molecule has 118 valence electrons. The van der Waals surface area contributed by atoms with E-state index < -0.39 is 0 Å². The summed E-state index contributed by atoms with van der Waals surface area (Å²) in [6, 6.07) is 7.50. The van der Waals surface area contributed by atoms with Crippen LogP contribution in [-0.2, 0) is 17.6 Å². The molecule has 0 spiro atoms. The fourth-order valence-corrected chi connectivity index (χ4v) is 2.91. The number of hydrogen-bond acceptors (Lipinski definition) is 5. The minimum absolute atomic E-state index is 0.110. The van der Waals surface area contributed by atoms with Crippen molar-refractivity contribution < 1.29 is 9.53 Å². The average molecular weight is 319 g/mol. The lowest BCUT2D eigenvalue weighted by Gasteiger charge is -2.07. The van der Waals surface area contributed by atoms with Crippen LogP contribution in [0.4, 0.5) is 5.13 Å². The molecule has 0 radical (unpaired) electrons. The lowest BCUT2D eigenvalue weighted by molar-refractivity contribution is -0.115. The number of hydrogen-bond donors (Lipinski definition) is 1. The van der Waals surface area contributed by atoms with Crippen molar-refractivity contribution in [3.63, 3.8) is 0 Å². The summed E-state index contributed by atoms with van der Waals surface area (Å²) in [5, 5.41) is 12.5. The first kappa shape index (κ1) is 16.4. The van der Waals surface area contributed by atoms with Gasteiger partial charge in [0.25, 0.3) is 0 Å². The molecule has 22 heavy (non-hydrogen) atoms. The molecule has 0 bridgehead atoms. The molecular formula is C16H21N3O2S. The van der Waals surface area contributed by atoms with E-state index >= 15 is 0 Å². The molecule has 1 heterocycles. The summed E-state index contributed by atoms with van der Waals surface area (Å²) in [5.74, 6) is 0.607. The summed E-state index contributed by atoms with van der Waals surface area (Å²) in [4.78, 5) is 12.1. The standard InChI is InChI=1S/C16H21N3O2S/c1-3-4-5-10-15-18-19-16(22-15)17-14(20)11-12-8-6-7-9-13(12)21-2/h6-9H,3-5,10-11H2,1-2H3,(H,17,19,20). The monoisotopic (exact) mass is 319 g/mol. The number of rotatable bonds is 8. The number of ether oxygens (including phenoxy) is 1. The fraction of sp³-hybridized carbons (Fsp3) is 0.438. The number of nitrogens with one attached hydrogen (secondary N) is 1. The van der Waals surface area contributed by atoms with Gasteiger partial charge in [-0.05, 0) is 12.5 Å². The van der Waals surface area contributed by atoms with Crippen molar-refractivity contribution in [1.29, 1.82) is 0 Å². The number of benzene rings is 1. The van der Waals surface area contributed by atoms with Crippen LogP contribution in [0, 0.1) is 0 Å². The highest BCUT2D eigenvalue weighted by molar-refractivity contribution is 7.15. The van der Waals surface area contributed by atoms with Gasteiger partial charge in [-0.25, -0.2) is 0 Å². The summed E-state index contributed by atoms with van der Waals surface area (Å²) < 4.78 is 5.25. The fourth-order valence-electron chi connectivity index (χ4n) is 2.12. The molecule has 0 saturated carbocycles. The smallest absolute Gasteiger partial charge is 0.230 e. The van der Waals surface area contributed by atoms with E-state index in [4.69, 9.17) is 4.74 Å². The van der Waals surface area contributed by atoms with E-state index in [9.17, 15) is 4.79 Å². The van der Waals surface area contributed by atoms with Crippen molar-refractivity contribution in [2.45, 2.75) is 39.0 Å². The predicted molar refractivity (Wildman–Crippen MR) is 88.5 cm³/mol. The van der Waals surface area contributed by atoms with Crippen LogP contribution < -0.4 is 10.1 Å². The molecule has 0 fully saturated rings. The Bertz CT molecular complexity index is 613. The quantitative estimate of drug-likeness (QED) is 0.757.